The first-order chi connectivity index (χ1) is 19.2. The van der Waals surface area contributed by atoms with Crippen molar-refractivity contribution in [3.8, 4) is 0 Å². The Hall–Kier alpha value is -4.54. The Balaban J connectivity index is 1.26. The fraction of sp³-hybridized carbons (Fsp3) is 0.276. The zero-order valence-electron chi connectivity index (χ0n) is 21.6. The van der Waals surface area contributed by atoms with Crippen LogP contribution in [-0.2, 0) is 16.1 Å². The molecule has 2 saturated heterocycles. The van der Waals surface area contributed by atoms with E-state index in [4.69, 9.17) is 0 Å². The number of likely N-dealkylation sites (tertiary alicyclic amines) is 1. The predicted octanol–water partition coefficient (Wildman–Crippen LogP) is 4.09. The lowest BCUT2D eigenvalue weighted by molar-refractivity contribution is -0.137. The quantitative estimate of drug-likeness (QED) is 0.484. The van der Waals surface area contributed by atoms with Crippen LogP contribution >= 0.6 is 0 Å². The molecular formula is C29H28F3N5O3. The summed E-state index contributed by atoms with van der Waals surface area (Å²) >= 11 is 0. The van der Waals surface area contributed by atoms with Gasteiger partial charge in [0.2, 0.25) is 5.91 Å². The molecule has 2 aliphatic heterocycles. The molecule has 2 fully saturated rings. The minimum Gasteiger partial charge on any atom is -0.350 e. The number of carbonyl (C=O) groups excluding carboxylic acids is 3. The normalized spacial score (nSPS) is 16.4. The van der Waals surface area contributed by atoms with E-state index in [1.165, 1.54) is 28.0 Å². The predicted molar refractivity (Wildman–Crippen MR) is 143 cm³/mol. The summed E-state index contributed by atoms with van der Waals surface area (Å²) < 4.78 is 40.0. The zero-order chi connectivity index (χ0) is 28.3. The molecule has 1 spiro atoms. The van der Waals surface area contributed by atoms with E-state index in [2.05, 4.69) is 10.6 Å². The number of nitrogens with one attached hydrogen (secondary N) is 2. The molecule has 11 heteroatoms. The van der Waals surface area contributed by atoms with Crippen molar-refractivity contribution in [3.05, 3.63) is 95.8 Å². The van der Waals surface area contributed by atoms with Gasteiger partial charge in [0, 0.05) is 37.1 Å². The minimum atomic E-state index is -1.06. The molecule has 40 heavy (non-hydrogen) atoms. The van der Waals surface area contributed by atoms with Gasteiger partial charge in [0.25, 0.3) is 5.91 Å². The minimum absolute atomic E-state index is 0.130. The zero-order valence-corrected chi connectivity index (χ0v) is 21.6. The van der Waals surface area contributed by atoms with E-state index >= 15 is 0 Å². The van der Waals surface area contributed by atoms with Crippen LogP contribution in [0.25, 0.3) is 0 Å². The number of piperidine rings is 1. The van der Waals surface area contributed by atoms with E-state index in [1.54, 1.807) is 12.1 Å². The Kier molecular flexibility index (Phi) is 7.63. The highest BCUT2D eigenvalue weighted by Gasteiger charge is 2.54. The largest absolute Gasteiger partial charge is 0.350 e. The number of benzene rings is 3. The van der Waals surface area contributed by atoms with Gasteiger partial charge in [-0.05, 0) is 54.8 Å². The van der Waals surface area contributed by atoms with Crippen LogP contribution in [0, 0.1) is 17.5 Å². The summed E-state index contributed by atoms with van der Waals surface area (Å²) in [6.07, 6.45) is 0.638. The topological polar surface area (TPSA) is 85.0 Å². The molecule has 0 aliphatic carbocycles. The molecule has 8 nitrogen and oxygen atoms in total. The summed E-state index contributed by atoms with van der Waals surface area (Å²) in [6, 6.07) is 17.9. The van der Waals surface area contributed by atoms with Crippen LogP contribution in [0.4, 0.5) is 29.3 Å². The smallest absolute Gasteiger partial charge is 0.321 e. The lowest BCUT2D eigenvalue weighted by Crippen LogP contribution is -2.58. The lowest BCUT2D eigenvalue weighted by atomic mass is 9.85. The van der Waals surface area contributed by atoms with Crippen molar-refractivity contribution in [3.63, 3.8) is 0 Å². The van der Waals surface area contributed by atoms with E-state index in [-0.39, 0.29) is 56.2 Å². The second kappa shape index (κ2) is 11.3. The van der Waals surface area contributed by atoms with Crippen LogP contribution in [0.2, 0.25) is 0 Å². The average Bonchev–Trinajstić information content (AvgIpc) is 3.21. The Morgan fingerprint density at radius 1 is 0.875 bits per heavy atom. The third-order valence-electron chi connectivity index (χ3n) is 7.37. The highest BCUT2D eigenvalue weighted by Crippen LogP contribution is 2.39. The van der Waals surface area contributed by atoms with Crippen molar-refractivity contribution in [1.29, 1.82) is 0 Å². The molecule has 0 saturated carbocycles. The highest BCUT2D eigenvalue weighted by atomic mass is 19.2. The van der Waals surface area contributed by atoms with Crippen molar-refractivity contribution in [2.24, 2.45) is 0 Å². The first-order valence-electron chi connectivity index (χ1n) is 12.9. The summed E-state index contributed by atoms with van der Waals surface area (Å²) in [6.45, 7) is 0.750. The van der Waals surface area contributed by atoms with E-state index < -0.39 is 23.2 Å². The Morgan fingerprint density at radius 2 is 1.57 bits per heavy atom. The molecule has 3 aromatic rings. The maximum atomic E-state index is 13.8. The molecule has 4 amide bonds. The number of hydrogen-bond donors (Lipinski definition) is 2. The molecule has 0 aromatic heterocycles. The van der Waals surface area contributed by atoms with Gasteiger partial charge in [0.15, 0.2) is 11.6 Å². The number of carbonyl (C=O) groups is 3. The van der Waals surface area contributed by atoms with Crippen molar-refractivity contribution in [2.45, 2.75) is 24.9 Å². The van der Waals surface area contributed by atoms with Gasteiger partial charge in [-0.25, -0.2) is 18.0 Å². The molecule has 0 bridgehead atoms. The first kappa shape index (κ1) is 27.0. The van der Waals surface area contributed by atoms with Crippen LogP contribution in [0.1, 0.15) is 18.4 Å². The Labute approximate surface area is 229 Å². The number of amides is 4. The molecule has 2 N–H and O–H groups in total. The number of para-hydroxylation sites is 1. The third-order valence-corrected chi connectivity index (χ3v) is 7.37. The summed E-state index contributed by atoms with van der Waals surface area (Å²) in [5.41, 5.74) is 0.741. The SMILES string of the molecule is O=C(CN1CN(c2ccccc2)C2(CCN(C(=O)Nc3ccc(F)c(F)c3)CC2)C1=O)NCc1ccc(F)cc1. The number of halogens is 3. The lowest BCUT2D eigenvalue weighted by Gasteiger charge is -2.43. The van der Waals surface area contributed by atoms with Crippen LogP contribution in [0.5, 0.6) is 0 Å². The molecule has 0 radical (unpaired) electrons. The standard InChI is InChI=1S/C29H28F3N5O3/c30-21-8-6-20(7-9-21)17-33-26(38)18-36-19-37(23-4-2-1-3-5-23)29(27(36)39)12-14-35(15-13-29)28(40)34-22-10-11-24(31)25(32)16-22/h1-11,16H,12-15,17-19H2,(H,33,38)(H,34,40). The van der Waals surface area contributed by atoms with Crippen LogP contribution in [0.3, 0.4) is 0 Å². The average molecular weight is 552 g/mol. The number of anilines is 2. The van der Waals surface area contributed by atoms with Crippen LogP contribution < -0.4 is 15.5 Å². The van der Waals surface area contributed by atoms with Crippen molar-refractivity contribution >= 4 is 29.2 Å². The van der Waals surface area contributed by atoms with Crippen LogP contribution in [-0.4, -0.2) is 59.5 Å². The summed E-state index contributed by atoms with van der Waals surface area (Å²) in [5, 5.41) is 5.36. The van der Waals surface area contributed by atoms with Crippen molar-refractivity contribution in [1.82, 2.24) is 15.1 Å². The number of rotatable bonds is 6. The molecule has 2 aliphatic rings. The summed E-state index contributed by atoms with van der Waals surface area (Å²) in [5.74, 6) is -2.98. The molecule has 5 rings (SSSR count). The summed E-state index contributed by atoms with van der Waals surface area (Å²) in [4.78, 5) is 44.4. The highest BCUT2D eigenvalue weighted by molar-refractivity contribution is 5.97. The van der Waals surface area contributed by atoms with Crippen LogP contribution in [0.15, 0.2) is 72.8 Å². The maximum Gasteiger partial charge on any atom is 0.321 e. The molecule has 0 unspecified atom stereocenters. The molecule has 0 atom stereocenters. The number of nitrogens with zero attached hydrogens (tertiary/aromatic N) is 3. The second-order valence-electron chi connectivity index (χ2n) is 9.89. The maximum absolute atomic E-state index is 13.8. The molecule has 2 heterocycles. The van der Waals surface area contributed by atoms with E-state index in [1.807, 2.05) is 35.2 Å². The van der Waals surface area contributed by atoms with Gasteiger partial charge in [0.1, 0.15) is 17.9 Å². The van der Waals surface area contributed by atoms with Crippen molar-refractivity contribution in [2.75, 3.05) is 36.5 Å². The van der Waals surface area contributed by atoms with E-state index in [0.29, 0.717) is 12.8 Å². The van der Waals surface area contributed by atoms with Gasteiger partial charge >= 0.3 is 6.03 Å². The molecular weight excluding hydrogens is 523 g/mol. The van der Waals surface area contributed by atoms with Gasteiger partial charge in [0.05, 0.1) is 6.67 Å². The first-order valence-corrected chi connectivity index (χ1v) is 12.9. The number of urea groups is 1. The molecule has 208 valence electrons. The Morgan fingerprint density at radius 3 is 2.25 bits per heavy atom. The van der Waals surface area contributed by atoms with Gasteiger partial charge in [-0.3, -0.25) is 9.59 Å². The van der Waals surface area contributed by atoms with Crippen molar-refractivity contribution < 1.29 is 27.6 Å². The third kappa shape index (κ3) is 5.58. The van der Waals surface area contributed by atoms with E-state index in [0.717, 1.165) is 23.4 Å². The van der Waals surface area contributed by atoms with E-state index in [9.17, 15) is 27.6 Å². The fourth-order valence-electron chi connectivity index (χ4n) is 5.21. The monoisotopic (exact) mass is 551 g/mol. The molecule has 3 aromatic carbocycles. The number of hydrogen-bond acceptors (Lipinski definition) is 4. The Bertz CT molecular complexity index is 1400. The summed E-state index contributed by atoms with van der Waals surface area (Å²) in [7, 11) is 0. The van der Waals surface area contributed by atoms with Gasteiger partial charge in [-0.15, -0.1) is 0 Å². The fourth-order valence-corrected chi connectivity index (χ4v) is 5.21. The van der Waals surface area contributed by atoms with Gasteiger partial charge in [-0.2, -0.15) is 0 Å². The van der Waals surface area contributed by atoms with Gasteiger partial charge < -0.3 is 25.3 Å². The van der Waals surface area contributed by atoms with Gasteiger partial charge in [-0.1, -0.05) is 30.3 Å². The second-order valence-corrected chi connectivity index (χ2v) is 9.89.